The molecule has 8 heteroatoms. The van der Waals surface area contributed by atoms with Gasteiger partial charge in [-0.25, -0.2) is 0 Å². The molecule has 0 aliphatic heterocycles. The van der Waals surface area contributed by atoms with Crippen LogP contribution in [0, 0.1) is 0 Å². The van der Waals surface area contributed by atoms with Crippen LogP contribution in [0.5, 0.6) is 0 Å². The predicted octanol–water partition coefficient (Wildman–Crippen LogP) is 0.826. The summed E-state index contributed by atoms with van der Waals surface area (Å²) in [5.41, 5.74) is -0.741. The zero-order valence-corrected chi connectivity index (χ0v) is 13.5. The highest BCUT2D eigenvalue weighted by Crippen LogP contribution is 2.30. The van der Waals surface area contributed by atoms with Crippen molar-refractivity contribution in [2.45, 2.75) is 38.0 Å². The Morgan fingerprint density at radius 2 is 2.00 bits per heavy atom. The molecule has 1 fully saturated rings. The average Bonchev–Trinajstić information content (AvgIpc) is 3.29. The van der Waals surface area contributed by atoms with Crippen molar-refractivity contribution in [3.63, 3.8) is 0 Å². The monoisotopic (exact) mass is 344 g/mol. The number of hydrogen-bond donors (Lipinski definition) is 3. The van der Waals surface area contributed by atoms with Gasteiger partial charge in [0.1, 0.15) is 0 Å². The second-order valence-corrected chi connectivity index (χ2v) is 6.15. The molecule has 24 heavy (non-hydrogen) atoms. The van der Waals surface area contributed by atoms with Crippen molar-refractivity contribution < 1.29 is 27.7 Å². The van der Waals surface area contributed by atoms with Gasteiger partial charge >= 0.3 is 6.18 Å². The summed E-state index contributed by atoms with van der Waals surface area (Å²) in [7, 11) is 1.70. The molecule has 132 valence electrons. The lowest BCUT2D eigenvalue weighted by Gasteiger charge is -2.20. The zero-order chi connectivity index (χ0) is 17.9. The number of rotatable bonds is 6. The number of anilines is 1. The van der Waals surface area contributed by atoms with E-state index in [0.717, 1.165) is 25.0 Å². The van der Waals surface area contributed by atoms with Crippen LogP contribution in [0.4, 0.5) is 18.9 Å². The molecule has 2 rings (SSSR count). The Bertz CT molecular complexity index is 615. The SMILES string of the molecule is C[C@@H](C(=O)Nc1cccc(C(F)(F)F)c1)[NH+](C)CC(=O)NC1CC1. The quantitative estimate of drug-likeness (QED) is 0.716. The summed E-state index contributed by atoms with van der Waals surface area (Å²) < 4.78 is 38.1. The number of likely N-dealkylation sites (N-methyl/N-ethyl adjacent to an activating group) is 1. The molecule has 5 nitrogen and oxygen atoms in total. The summed E-state index contributed by atoms with van der Waals surface area (Å²) in [6.45, 7) is 1.76. The van der Waals surface area contributed by atoms with Crippen LogP contribution in [-0.2, 0) is 15.8 Å². The van der Waals surface area contributed by atoms with E-state index < -0.39 is 23.7 Å². The van der Waals surface area contributed by atoms with Crippen molar-refractivity contribution in [3.8, 4) is 0 Å². The topological polar surface area (TPSA) is 62.6 Å². The number of nitrogens with one attached hydrogen (secondary N) is 3. The molecule has 1 aromatic rings. The number of hydrogen-bond acceptors (Lipinski definition) is 2. The maximum Gasteiger partial charge on any atom is 0.416 e. The predicted molar refractivity (Wildman–Crippen MR) is 82.5 cm³/mol. The molecule has 0 saturated heterocycles. The Labute approximate surface area is 138 Å². The summed E-state index contributed by atoms with van der Waals surface area (Å²) in [4.78, 5) is 24.6. The smallest absolute Gasteiger partial charge is 0.348 e. The van der Waals surface area contributed by atoms with Crippen molar-refractivity contribution in [2.75, 3.05) is 18.9 Å². The van der Waals surface area contributed by atoms with Crippen molar-refractivity contribution in [1.82, 2.24) is 5.32 Å². The van der Waals surface area contributed by atoms with Crippen molar-refractivity contribution in [1.29, 1.82) is 0 Å². The average molecular weight is 344 g/mol. The van der Waals surface area contributed by atoms with E-state index in [9.17, 15) is 22.8 Å². The van der Waals surface area contributed by atoms with Gasteiger partial charge in [-0.2, -0.15) is 13.2 Å². The molecule has 1 saturated carbocycles. The first-order valence-corrected chi connectivity index (χ1v) is 7.76. The number of quaternary nitrogens is 1. The van der Waals surface area contributed by atoms with Crippen LogP contribution in [0.3, 0.4) is 0 Å². The third-order valence-electron chi connectivity index (χ3n) is 3.97. The maximum absolute atomic E-state index is 12.7. The largest absolute Gasteiger partial charge is 0.416 e. The van der Waals surface area contributed by atoms with Gasteiger partial charge in [0.2, 0.25) is 0 Å². The van der Waals surface area contributed by atoms with Crippen LogP contribution in [0.25, 0.3) is 0 Å². The molecule has 2 amide bonds. The van der Waals surface area contributed by atoms with Crippen LogP contribution in [0.1, 0.15) is 25.3 Å². The van der Waals surface area contributed by atoms with Crippen molar-refractivity contribution >= 4 is 17.5 Å². The Balaban J connectivity index is 1.91. The summed E-state index contributed by atoms with van der Waals surface area (Å²) in [5.74, 6) is -0.570. The van der Waals surface area contributed by atoms with E-state index in [1.165, 1.54) is 12.1 Å². The van der Waals surface area contributed by atoms with Gasteiger partial charge in [-0.15, -0.1) is 0 Å². The first-order chi connectivity index (χ1) is 11.2. The number of halogens is 3. The van der Waals surface area contributed by atoms with Crippen LogP contribution >= 0.6 is 0 Å². The summed E-state index contributed by atoms with van der Waals surface area (Å²) in [5, 5.41) is 5.31. The number of amides is 2. The first kappa shape index (κ1) is 18.3. The van der Waals surface area contributed by atoms with E-state index in [2.05, 4.69) is 10.6 Å². The van der Waals surface area contributed by atoms with Gasteiger partial charge in [-0.3, -0.25) is 9.59 Å². The highest BCUT2D eigenvalue weighted by Gasteiger charge is 2.31. The van der Waals surface area contributed by atoms with Crippen molar-refractivity contribution in [3.05, 3.63) is 29.8 Å². The van der Waals surface area contributed by atoms with Crippen LogP contribution in [0.15, 0.2) is 24.3 Å². The van der Waals surface area contributed by atoms with Gasteiger partial charge in [0.25, 0.3) is 11.8 Å². The van der Waals surface area contributed by atoms with E-state index in [0.29, 0.717) is 4.90 Å². The standard InChI is InChI=1S/C16H20F3N3O2/c1-10(22(2)9-14(23)20-12-6-7-12)15(24)21-13-5-3-4-11(8-13)16(17,18)19/h3-5,8,10,12H,6-7,9H2,1-2H3,(H,20,23)(H,21,24)/p+1/t10-/m0/s1. The molecule has 1 aromatic carbocycles. The Hall–Kier alpha value is -2.09. The number of alkyl halides is 3. The van der Waals surface area contributed by atoms with Gasteiger partial charge in [0.15, 0.2) is 12.6 Å². The molecule has 0 radical (unpaired) electrons. The molecule has 2 atom stereocenters. The van der Waals surface area contributed by atoms with E-state index in [-0.39, 0.29) is 24.2 Å². The normalized spacial score (nSPS) is 17.0. The minimum absolute atomic E-state index is 0.0805. The molecule has 0 heterocycles. The molecule has 0 bridgehead atoms. The van der Waals surface area contributed by atoms with E-state index >= 15 is 0 Å². The van der Waals surface area contributed by atoms with E-state index in [1.807, 2.05) is 0 Å². The molecule has 1 unspecified atom stereocenters. The summed E-state index contributed by atoms with van der Waals surface area (Å²) in [6, 6.07) is 4.14. The number of benzene rings is 1. The van der Waals surface area contributed by atoms with E-state index in [1.54, 1.807) is 14.0 Å². The number of carbonyl (C=O) groups excluding carboxylic acids is 2. The molecule has 3 N–H and O–H groups in total. The Morgan fingerprint density at radius 1 is 1.33 bits per heavy atom. The molecule has 0 aromatic heterocycles. The fraction of sp³-hybridized carbons (Fsp3) is 0.500. The molecular weight excluding hydrogens is 323 g/mol. The van der Waals surface area contributed by atoms with E-state index in [4.69, 9.17) is 0 Å². The van der Waals surface area contributed by atoms with Gasteiger partial charge in [-0.05, 0) is 38.0 Å². The highest BCUT2D eigenvalue weighted by molar-refractivity contribution is 5.93. The Kier molecular flexibility index (Phi) is 5.48. The second kappa shape index (κ2) is 7.21. The van der Waals surface area contributed by atoms with Crippen LogP contribution in [-0.4, -0.2) is 37.5 Å². The number of carbonyl (C=O) groups is 2. The van der Waals surface area contributed by atoms with Crippen molar-refractivity contribution in [2.24, 2.45) is 0 Å². The van der Waals surface area contributed by atoms with Gasteiger partial charge in [0, 0.05) is 11.7 Å². The summed E-state index contributed by atoms with van der Waals surface area (Å²) >= 11 is 0. The third kappa shape index (κ3) is 5.23. The molecule has 1 aliphatic carbocycles. The first-order valence-electron chi connectivity index (χ1n) is 7.76. The lowest BCUT2D eigenvalue weighted by Crippen LogP contribution is -3.15. The van der Waals surface area contributed by atoms with Gasteiger partial charge in [-0.1, -0.05) is 6.07 Å². The zero-order valence-electron chi connectivity index (χ0n) is 13.5. The lowest BCUT2D eigenvalue weighted by atomic mass is 10.2. The fourth-order valence-electron chi connectivity index (χ4n) is 2.16. The summed E-state index contributed by atoms with van der Waals surface area (Å²) in [6.07, 6.45) is -2.50. The fourth-order valence-corrected chi connectivity index (χ4v) is 2.16. The molecular formula is C16H21F3N3O2+. The van der Waals surface area contributed by atoms with Crippen LogP contribution < -0.4 is 15.5 Å². The minimum Gasteiger partial charge on any atom is -0.348 e. The third-order valence-corrected chi connectivity index (χ3v) is 3.97. The van der Waals surface area contributed by atoms with Gasteiger partial charge < -0.3 is 15.5 Å². The van der Waals surface area contributed by atoms with Crippen LogP contribution in [0.2, 0.25) is 0 Å². The maximum atomic E-state index is 12.7. The highest BCUT2D eigenvalue weighted by atomic mass is 19.4. The Morgan fingerprint density at radius 3 is 2.58 bits per heavy atom. The molecule has 1 aliphatic rings. The lowest BCUT2D eigenvalue weighted by molar-refractivity contribution is -0.885. The second-order valence-electron chi connectivity index (χ2n) is 6.15. The molecule has 0 spiro atoms. The van der Waals surface area contributed by atoms with Gasteiger partial charge in [0.05, 0.1) is 12.6 Å². The minimum atomic E-state index is -4.46.